The summed E-state index contributed by atoms with van der Waals surface area (Å²) in [5, 5.41) is 18.7. The van der Waals surface area contributed by atoms with Crippen molar-refractivity contribution in [3.05, 3.63) is 35.4 Å². The molecule has 0 saturated carbocycles. The zero-order valence-corrected chi connectivity index (χ0v) is 16.0. The van der Waals surface area contributed by atoms with Crippen molar-refractivity contribution in [1.82, 2.24) is 9.80 Å². The second-order valence-corrected chi connectivity index (χ2v) is 7.67. The van der Waals surface area contributed by atoms with E-state index in [2.05, 4.69) is 34.1 Å². The topological polar surface area (TPSA) is 46.9 Å². The Hall–Kier alpha value is -0.650. The Morgan fingerprint density at radius 1 is 0.760 bits per heavy atom. The Bertz CT molecular complexity index is 452. The highest BCUT2D eigenvalue weighted by Gasteiger charge is 2.20. The lowest BCUT2D eigenvalue weighted by Crippen LogP contribution is -2.36. The van der Waals surface area contributed by atoms with Crippen LogP contribution in [0.3, 0.4) is 0 Å². The van der Waals surface area contributed by atoms with Crippen LogP contribution in [0.2, 0.25) is 0 Å². The molecule has 2 N–H and O–H groups in total. The van der Waals surface area contributed by atoms with Crippen LogP contribution in [0.5, 0.6) is 0 Å². The number of piperidine rings is 2. The van der Waals surface area contributed by atoms with Crippen LogP contribution in [-0.2, 0) is 13.1 Å². The van der Waals surface area contributed by atoms with Gasteiger partial charge in [-0.3, -0.25) is 9.80 Å². The van der Waals surface area contributed by atoms with Crippen LogP contribution in [0.4, 0.5) is 0 Å². The normalized spacial score (nSPS) is 25.5. The molecule has 2 atom stereocenters. The molecule has 4 nitrogen and oxygen atoms in total. The lowest BCUT2D eigenvalue weighted by atomic mass is 9.98. The van der Waals surface area contributed by atoms with Crippen molar-refractivity contribution in [3.8, 4) is 0 Å². The lowest BCUT2D eigenvalue weighted by Gasteiger charge is -2.32. The molecule has 2 fully saturated rings. The zero-order chi connectivity index (χ0) is 16.8. The SMILES string of the molecule is Cl.OCC1CCCN(Cc2ccc(CN3CCCC(CO)C3)cc2)C1. The predicted molar refractivity (Wildman–Crippen MR) is 104 cm³/mol. The van der Waals surface area contributed by atoms with Gasteiger partial charge in [0.05, 0.1) is 0 Å². The van der Waals surface area contributed by atoms with Crippen molar-refractivity contribution in [1.29, 1.82) is 0 Å². The van der Waals surface area contributed by atoms with E-state index in [0.717, 1.165) is 52.1 Å². The molecule has 2 aliphatic heterocycles. The van der Waals surface area contributed by atoms with E-state index >= 15 is 0 Å². The quantitative estimate of drug-likeness (QED) is 0.810. The summed E-state index contributed by atoms with van der Waals surface area (Å²) in [6.07, 6.45) is 4.72. The van der Waals surface area contributed by atoms with Gasteiger partial charge in [0.1, 0.15) is 0 Å². The van der Waals surface area contributed by atoms with Crippen LogP contribution in [0, 0.1) is 11.8 Å². The fourth-order valence-electron chi connectivity index (χ4n) is 4.15. The lowest BCUT2D eigenvalue weighted by molar-refractivity contribution is 0.115. The van der Waals surface area contributed by atoms with Crippen LogP contribution in [0.25, 0.3) is 0 Å². The van der Waals surface area contributed by atoms with Gasteiger partial charge in [0.2, 0.25) is 0 Å². The standard InChI is InChI=1S/C20H32N2O2.ClH/c23-15-19-3-1-9-21(13-19)11-17-5-7-18(8-6-17)12-22-10-2-4-20(14-22)16-24;/h5-8,19-20,23-24H,1-4,9-16H2;1H. The van der Waals surface area contributed by atoms with Gasteiger partial charge in [-0.1, -0.05) is 24.3 Å². The van der Waals surface area contributed by atoms with Crippen LogP contribution in [0.15, 0.2) is 24.3 Å². The summed E-state index contributed by atoms with van der Waals surface area (Å²) >= 11 is 0. The fourth-order valence-corrected chi connectivity index (χ4v) is 4.15. The van der Waals surface area contributed by atoms with Gasteiger partial charge in [0.25, 0.3) is 0 Å². The van der Waals surface area contributed by atoms with Gasteiger partial charge in [-0.25, -0.2) is 0 Å². The molecule has 2 aliphatic rings. The molecule has 3 rings (SSSR count). The minimum atomic E-state index is 0. The van der Waals surface area contributed by atoms with Gasteiger partial charge in [-0.2, -0.15) is 0 Å². The molecule has 1 aromatic rings. The molecule has 2 saturated heterocycles. The minimum absolute atomic E-state index is 0. The molecule has 1 aromatic carbocycles. The maximum Gasteiger partial charge on any atom is 0.0471 e. The Morgan fingerprint density at radius 2 is 1.16 bits per heavy atom. The minimum Gasteiger partial charge on any atom is -0.396 e. The van der Waals surface area contributed by atoms with Crippen LogP contribution < -0.4 is 0 Å². The molecule has 0 aliphatic carbocycles. The summed E-state index contributed by atoms with van der Waals surface area (Å²) < 4.78 is 0. The highest BCUT2D eigenvalue weighted by Crippen LogP contribution is 2.20. The molecule has 0 spiro atoms. The van der Waals surface area contributed by atoms with Gasteiger partial charge >= 0.3 is 0 Å². The van der Waals surface area contributed by atoms with E-state index in [1.54, 1.807) is 0 Å². The van der Waals surface area contributed by atoms with Crippen molar-refractivity contribution in [2.24, 2.45) is 11.8 Å². The van der Waals surface area contributed by atoms with E-state index in [0.29, 0.717) is 25.0 Å². The van der Waals surface area contributed by atoms with E-state index in [4.69, 9.17) is 0 Å². The summed E-state index contributed by atoms with van der Waals surface area (Å²) in [4.78, 5) is 4.94. The summed E-state index contributed by atoms with van der Waals surface area (Å²) in [5.74, 6) is 0.910. The van der Waals surface area contributed by atoms with Gasteiger partial charge in [-0.05, 0) is 61.7 Å². The number of aliphatic hydroxyl groups is 2. The fraction of sp³-hybridized carbons (Fsp3) is 0.700. The van der Waals surface area contributed by atoms with Gasteiger partial charge < -0.3 is 10.2 Å². The first-order valence-electron chi connectivity index (χ1n) is 9.51. The Balaban J connectivity index is 0.00000225. The molecule has 0 aromatic heterocycles. The Kier molecular flexibility index (Phi) is 8.67. The van der Waals surface area contributed by atoms with Crippen LogP contribution in [-0.4, -0.2) is 59.4 Å². The van der Waals surface area contributed by atoms with Gasteiger partial charge in [0.15, 0.2) is 0 Å². The van der Waals surface area contributed by atoms with Crippen molar-refractivity contribution in [2.45, 2.75) is 38.8 Å². The van der Waals surface area contributed by atoms with E-state index in [-0.39, 0.29) is 12.4 Å². The Labute approximate surface area is 158 Å². The molecular weight excluding hydrogens is 336 g/mol. The van der Waals surface area contributed by atoms with Crippen LogP contribution >= 0.6 is 12.4 Å². The number of nitrogens with zero attached hydrogens (tertiary/aromatic N) is 2. The number of rotatable bonds is 6. The number of hydrogen-bond acceptors (Lipinski definition) is 4. The third-order valence-electron chi connectivity index (χ3n) is 5.56. The van der Waals surface area contributed by atoms with E-state index in [1.807, 2.05) is 0 Å². The first-order chi connectivity index (χ1) is 11.8. The average Bonchev–Trinajstić information content (AvgIpc) is 2.64. The average molecular weight is 369 g/mol. The molecule has 142 valence electrons. The summed E-state index contributed by atoms with van der Waals surface area (Å²) in [6, 6.07) is 9.02. The smallest absolute Gasteiger partial charge is 0.0471 e. The van der Waals surface area contributed by atoms with E-state index in [9.17, 15) is 10.2 Å². The highest BCUT2D eigenvalue weighted by molar-refractivity contribution is 5.85. The maximum atomic E-state index is 9.36. The van der Waals surface area contributed by atoms with E-state index < -0.39 is 0 Å². The molecule has 5 heteroatoms. The third kappa shape index (κ3) is 6.22. The number of likely N-dealkylation sites (tertiary alicyclic amines) is 2. The van der Waals surface area contributed by atoms with E-state index in [1.165, 1.54) is 24.0 Å². The van der Waals surface area contributed by atoms with Crippen molar-refractivity contribution in [2.75, 3.05) is 39.4 Å². The molecular formula is C20H33ClN2O2. The molecule has 25 heavy (non-hydrogen) atoms. The number of hydrogen-bond donors (Lipinski definition) is 2. The number of benzene rings is 1. The number of halogens is 1. The van der Waals surface area contributed by atoms with Crippen molar-refractivity contribution >= 4 is 12.4 Å². The van der Waals surface area contributed by atoms with Crippen molar-refractivity contribution < 1.29 is 10.2 Å². The first kappa shape index (κ1) is 20.7. The molecule has 0 bridgehead atoms. The molecule has 2 heterocycles. The second kappa shape index (κ2) is 10.5. The van der Waals surface area contributed by atoms with Crippen LogP contribution in [0.1, 0.15) is 36.8 Å². The molecule has 2 unspecified atom stereocenters. The van der Waals surface area contributed by atoms with Crippen molar-refractivity contribution in [3.63, 3.8) is 0 Å². The summed E-state index contributed by atoms with van der Waals surface area (Å²) in [5.41, 5.74) is 2.73. The third-order valence-corrected chi connectivity index (χ3v) is 5.56. The largest absolute Gasteiger partial charge is 0.396 e. The molecule has 0 radical (unpaired) electrons. The monoisotopic (exact) mass is 368 g/mol. The maximum absolute atomic E-state index is 9.36. The Morgan fingerprint density at radius 3 is 1.52 bits per heavy atom. The number of aliphatic hydroxyl groups excluding tert-OH is 2. The summed E-state index contributed by atoms with van der Waals surface area (Å²) in [6.45, 7) is 6.96. The zero-order valence-electron chi connectivity index (χ0n) is 15.1. The first-order valence-corrected chi connectivity index (χ1v) is 9.51. The predicted octanol–water partition coefficient (Wildman–Crippen LogP) is 2.52. The highest BCUT2D eigenvalue weighted by atomic mass is 35.5. The van der Waals surface area contributed by atoms with Gasteiger partial charge in [0, 0.05) is 39.4 Å². The van der Waals surface area contributed by atoms with Gasteiger partial charge in [-0.15, -0.1) is 12.4 Å². The second-order valence-electron chi connectivity index (χ2n) is 7.67. The summed E-state index contributed by atoms with van der Waals surface area (Å²) in [7, 11) is 0. The molecule has 0 amide bonds.